The van der Waals surface area contributed by atoms with E-state index in [0.717, 1.165) is 88.1 Å². The average molecular weight is 799 g/mol. The Bertz CT molecular complexity index is 3840. The molecule has 0 fully saturated rings. The van der Waals surface area contributed by atoms with Crippen LogP contribution in [0.15, 0.2) is 155 Å². The number of aromatic nitrogens is 2. The summed E-state index contributed by atoms with van der Waals surface area (Å²) >= 11 is 0. The molecule has 4 heteroatoms. The Hall–Kier alpha value is -7.56. The third kappa shape index (κ3) is 5.46. The van der Waals surface area contributed by atoms with Gasteiger partial charge >= 0.3 is 0 Å². The summed E-state index contributed by atoms with van der Waals surface area (Å²) in [5.41, 5.74) is 21.6. The van der Waals surface area contributed by atoms with Crippen molar-refractivity contribution in [3.63, 3.8) is 0 Å². The molecule has 3 aromatic heterocycles. The van der Waals surface area contributed by atoms with Crippen molar-refractivity contribution < 1.29 is 8.83 Å². The highest BCUT2D eigenvalue weighted by molar-refractivity contribution is 6.25. The molecule has 0 aliphatic carbocycles. The molecule has 0 spiro atoms. The van der Waals surface area contributed by atoms with Crippen LogP contribution in [0.1, 0.15) is 33.4 Å². The Morgan fingerprint density at radius 3 is 1.66 bits per heavy atom. The zero-order valence-electron chi connectivity index (χ0n) is 35.6. The molecule has 0 unspecified atom stereocenters. The van der Waals surface area contributed by atoms with Crippen molar-refractivity contribution in [3.05, 3.63) is 179 Å². The van der Waals surface area contributed by atoms with Crippen molar-refractivity contribution in [1.29, 1.82) is 0 Å². The molecule has 0 aliphatic rings. The maximum absolute atomic E-state index is 6.85. The van der Waals surface area contributed by atoms with E-state index in [1.807, 2.05) is 24.4 Å². The number of furan rings is 2. The number of nitrogens with zero attached hydrogens (tertiary/aromatic N) is 2. The molecule has 0 amide bonds. The number of aryl methyl sites for hydroxylation is 6. The van der Waals surface area contributed by atoms with Crippen LogP contribution in [0.5, 0.6) is 0 Å². The Morgan fingerprint density at radius 2 is 0.968 bits per heavy atom. The third-order valence-electron chi connectivity index (χ3n) is 13.0. The zero-order chi connectivity index (χ0) is 42.0. The molecule has 12 rings (SSSR count). The molecular formula is C58H42N2O2. The van der Waals surface area contributed by atoms with E-state index in [-0.39, 0.29) is 0 Å². The highest BCUT2D eigenvalue weighted by Crippen LogP contribution is 2.44. The summed E-state index contributed by atoms with van der Waals surface area (Å²) in [4.78, 5) is 10.9. The van der Waals surface area contributed by atoms with Gasteiger partial charge in [0.25, 0.3) is 0 Å². The van der Waals surface area contributed by atoms with Crippen molar-refractivity contribution >= 4 is 76.5 Å². The van der Waals surface area contributed by atoms with Crippen LogP contribution in [0.4, 0.5) is 0 Å². The summed E-state index contributed by atoms with van der Waals surface area (Å²) < 4.78 is 13.1. The van der Waals surface area contributed by atoms with Gasteiger partial charge in [-0.25, -0.2) is 4.98 Å². The van der Waals surface area contributed by atoms with Gasteiger partial charge in [-0.3, -0.25) is 4.98 Å². The van der Waals surface area contributed by atoms with Crippen LogP contribution in [0.3, 0.4) is 0 Å². The number of hydrogen-bond acceptors (Lipinski definition) is 4. The van der Waals surface area contributed by atoms with Crippen LogP contribution in [-0.4, -0.2) is 9.97 Å². The summed E-state index contributed by atoms with van der Waals surface area (Å²) in [6, 6.07) is 50.2. The summed E-state index contributed by atoms with van der Waals surface area (Å²) in [6.07, 6.45) is 1.95. The summed E-state index contributed by atoms with van der Waals surface area (Å²) in [7, 11) is 0. The zero-order valence-corrected chi connectivity index (χ0v) is 35.6. The fourth-order valence-corrected chi connectivity index (χ4v) is 10.6. The second kappa shape index (κ2) is 13.5. The second-order valence-electron chi connectivity index (χ2n) is 17.3. The highest BCUT2D eigenvalue weighted by atomic mass is 16.3. The van der Waals surface area contributed by atoms with Crippen molar-refractivity contribution in [2.45, 2.75) is 41.5 Å². The van der Waals surface area contributed by atoms with Gasteiger partial charge in [-0.05, 0) is 139 Å². The van der Waals surface area contributed by atoms with Crippen LogP contribution in [0.2, 0.25) is 0 Å². The first-order valence-electron chi connectivity index (χ1n) is 21.4. The molecule has 0 saturated heterocycles. The predicted molar refractivity (Wildman–Crippen MR) is 259 cm³/mol. The Kier molecular flexibility index (Phi) is 7.89. The predicted octanol–water partition coefficient (Wildman–Crippen LogP) is 16.3. The molecule has 3 heterocycles. The van der Waals surface area contributed by atoms with Crippen molar-refractivity contribution in [2.75, 3.05) is 0 Å². The first-order chi connectivity index (χ1) is 30.2. The van der Waals surface area contributed by atoms with Crippen LogP contribution in [-0.2, 0) is 0 Å². The normalized spacial score (nSPS) is 12.0. The molecule has 4 nitrogen and oxygen atoms in total. The van der Waals surface area contributed by atoms with E-state index >= 15 is 0 Å². The third-order valence-corrected chi connectivity index (χ3v) is 13.0. The number of para-hydroxylation sites is 2. The molecular weight excluding hydrogens is 757 g/mol. The van der Waals surface area contributed by atoms with Gasteiger partial charge in [-0.15, -0.1) is 0 Å². The summed E-state index contributed by atoms with van der Waals surface area (Å²) in [5.74, 6) is 0. The number of benzene rings is 9. The average Bonchev–Trinajstić information content (AvgIpc) is 3.84. The van der Waals surface area contributed by atoms with E-state index in [9.17, 15) is 0 Å². The first-order valence-corrected chi connectivity index (χ1v) is 21.4. The lowest BCUT2D eigenvalue weighted by atomic mass is 9.89. The SMILES string of the molecule is Cc1cc(C)c(-c2ccc3c4ccc(-c5c(C)cc(C)cc5C)cc4c4nc(-c5cccc(-c6cccc7c6oc6c7ccc7oc8ccccc8c76)c5)cnc4c3c2)c(C)c1. The fraction of sp³-hybridized carbons (Fsp3) is 0.103. The van der Waals surface area contributed by atoms with Gasteiger partial charge in [0.2, 0.25) is 0 Å². The molecule has 0 radical (unpaired) electrons. The molecule has 0 bridgehead atoms. The van der Waals surface area contributed by atoms with Crippen LogP contribution < -0.4 is 0 Å². The molecule has 0 atom stereocenters. The van der Waals surface area contributed by atoms with Gasteiger partial charge in [0.1, 0.15) is 22.3 Å². The molecule has 296 valence electrons. The quantitative estimate of drug-likeness (QED) is 0.166. The van der Waals surface area contributed by atoms with Crippen LogP contribution in [0, 0.1) is 41.5 Å². The Morgan fingerprint density at radius 1 is 0.387 bits per heavy atom. The van der Waals surface area contributed by atoms with Gasteiger partial charge in [0.05, 0.1) is 28.3 Å². The smallest absolute Gasteiger partial charge is 0.147 e. The van der Waals surface area contributed by atoms with Gasteiger partial charge in [-0.1, -0.05) is 114 Å². The minimum absolute atomic E-state index is 0.817. The van der Waals surface area contributed by atoms with E-state index < -0.39 is 0 Å². The topological polar surface area (TPSA) is 52.1 Å². The van der Waals surface area contributed by atoms with Crippen LogP contribution >= 0.6 is 0 Å². The van der Waals surface area contributed by atoms with Crippen molar-refractivity contribution in [1.82, 2.24) is 9.97 Å². The van der Waals surface area contributed by atoms with Crippen molar-refractivity contribution in [2.24, 2.45) is 0 Å². The molecule has 0 aliphatic heterocycles. The maximum Gasteiger partial charge on any atom is 0.147 e. The number of hydrogen-bond donors (Lipinski definition) is 0. The molecule has 0 saturated carbocycles. The Balaban J connectivity index is 1.07. The van der Waals surface area contributed by atoms with E-state index in [1.54, 1.807) is 0 Å². The maximum atomic E-state index is 6.85. The lowest BCUT2D eigenvalue weighted by molar-refractivity contribution is 0.663. The largest absolute Gasteiger partial charge is 0.456 e. The number of rotatable bonds is 4. The van der Waals surface area contributed by atoms with Gasteiger partial charge < -0.3 is 8.83 Å². The molecule has 9 aromatic carbocycles. The monoisotopic (exact) mass is 798 g/mol. The van der Waals surface area contributed by atoms with Gasteiger partial charge in [0, 0.05) is 38.1 Å². The highest BCUT2D eigenvalue weighted by Gasteiger charge is 2.20. The minimum atomic E-state index is 0.817. The summed E-state index contributed by atoms with van der Waals surface area (Å²) in [6.45, 7) is 13.2. The second-order valence-corrected chi connectivity index (χ2v) is 17.3. The molecule has 12 aromatic rings. The van der Waals surface area contributed by atoms with Crippen LogP contribution in [0.25, 0.3) is 121 Å². The summed E-state index contributed by atoms with van der Waals surface area (Å²) in [5, 5.41) is 8.74. The Labute approximate surface area is 359 Å². The fourth-order valence-electron chi connectivity index (χ4n) is 10.6. The number of fused-ring (bicyclic) bond motifs is 13. The minimum Gasteiger partial charge on any atom is -0.456 e. The van der Waals surface area contributed by atoms with E-state index in [1.165, 1.54) is 66.4 Å². The molecule has 0 N–H and O–H groups in total. The van der Waals surface area contributed by atoms with Gasteiger partial charge in [-0.2, -0.15) is 0 Å². The lowest BCUT2D eigenvalue weighted by Crippen LogP contribution is -1.95. The first kappa shape index (κ1) is 36.3. The van der Waals surface area contributed by atoms with Crippen molar-refractivity contribution in [3.8, 4) is 44.6 Å². The van der Waals surface area contributed by atoms with E-state index in [2.05, 4.69) is 163 Å². The standard InChI is InChI=1S/C58H42N2O2/c1-31-23-33(3)52(34(4)24-31)39-17-19-42-43-20-18-40(53-35(5)25-32(2)26-36(53)6)29-48(43)56-55(47(42)28-39)59-30-49(60-56)38-12-9-11-37(27-38)41-14-10-15-44-45-21-22-51-54(58(45)62-57(41)44)46-13-7-8-16-50(46)61-51/h7-30H,1-6H3. The van der Waals surface area contributed by atoms with Gasteiger partial charge in [0.15, 0.2) is 0 Å². The van der Waals surface area contributed by atoms with E-state index in [4.69, 9.17) is 18.8 Å². The lowest BCUT2D eigenvalue weighted by Gasteiger charge is -2.17. The molecule has 62 heavy (non-hydrogen) atoms. The van der Waals surface area contributed by atoms with E-state index in [0.29, 0.717) is 0 Å².